The van der Waals surface area contributed by atoms with Gasteiger partial charge in [-0.3, -0.25) is 4.99 Å². The molecular formula is C23H40IN5O. The molecule has 0 aromatic carbocycles. The highest BCUT2D eigenvalue weighted by molar-refractivity contribution is 14.0. The van der Waals surface area contributed by atoms with E-state index in [0.717, 1.165) is 63.8 Å². The van der Waals surface area contributed by atoms with Gasteiger partial charge in [0.1, 0.15) is 5.82 Å². The highest BCUT2D eigenvalue weighted by Crippen LogP contribution is 2.34. The number of halogens is 1. The van der Waals surface area contributed by atoms with Gasteiger partial charge >= 0.3 is 0 Å². The van der Waals surface area contributed by atoms with Crippen molar-refractivity contribution in [3.63, 3.8) is 0 Å². The first kappa shape index (κ1) is 25.2. The zero-order valence-electron chi connectivity index (χ0n) is 19.1. The number of nitrogens with one attached hydrogen (secondary N) is 2. The van der Waals surface area contributed by atoms with E-state index >= 15 is 0 Å². The van der Waals surface area contributed by atoms with Crippen LogP contribution in [0.4, 0.5) is 5.82 Å². The number of piperidine rings is 1. The van der Waals surface area contributed by atoms with Crippen LogP contribution in [0.5, 0.6) is 0 Å². The fourth-order valence-corrected chi connectivity index (χ4v) is 4.50. The number of pyridine rings is 1. The summed E-state index contributed by atoms with van der Waals surface area (Å²) in [5.41, 5.74) is 0.157. The Morgan fingerprint density at radius 1 is 1.23 bits per heavy atom. The normalized spacial score (nSPS) is 23.6. The van der Waals surface area contributed by atoms with Crippen molar-refractivity contribution >= 4 is 35.8 Å². The summed E-state index contributed by atoms with van der Waals surface area (Å²) in [5.74, 6) is 2.52. The molecule has 2 fully saturated rings. The van der Waals surface area contributed by atoms with Crippen LogP contribution in [0.25, 0.3) is 0 Å². The molecule has 2 saturated heterocycles. The first-order valence-electron chi connectivity index (χ1n) is 11.3. The number of hydrogen-bond donors (Lipinski definition) is 2. The van der Waals surface area contributed by atoms with Crippen molar-refractivity contribution in [1.82, 2.24) is 15.6 Å². The van der Waals surface area contributed by atoms with Crippen LogP contribution in [-0.4, -0.2) is 55.9 Å². The van der Waals surface area contributed by atoms with Crippen LogP contribution in [0.3, 0.4) is 0 Å². The Morgan fingerprint density at radius 2 is 2.00 bits per heavy atom. The zero-order valence-corrected chi connectivity index (χ0v) is 21.4. The maximum atomic E-state index is 6.13. The van der Waals surface area contributed by atoms with Gasteiger partial charge in [-0.2, -0.15) is 0 Å². The number of hydrogen-bond acceptors (Lipinski definition) is 4. The van der Waals surface area contributed by atoms with E-state index in [4.69, 9.17) is 9.73 Å². The molecule has 0 bridgehead atoms. The Balaban J connectivity index is 0.00000320. The minimum absolute atomic E-state index is 0. The first-order chi connectivity index (χ1) is 14.0. The molecule has 2 atom stereocenters. The van der Waals surface area contributed by atoms with E-state index in [1.165, 1.54) is 6.42 Å². The number of ether oxygens (including phenoxy) is 1. The molecule has 2 unspecified atom stereocenters. The Hall–Kier alpha value is -1.09. The van der Waals surface area contributed by atoms with Gasteiger partial charge in [-0.15, -0.1) is 24.0 Å². The number of guanidine groups is 1. The van der Waals surface area contributed by atoms with Gasteiger partial charge in [-0.25, -0.2) is 4.98 Å². The quantitative estimate of drug-likeness (QED) is 0.342. The van der Waals surface area contributed by atoms with E-state index in [-0.39, 0.29) is 35.5 Å². The standard InChI is InChI=1S/C23H39N5O.HI/c1-5-24-22(26-17-18-9-8-16-29-21(18)23(2,3)4)27-19-11-14-28(15-12-19)20-10-6-7-13-25-20;/h6-7,10,13,18-19,21H,5,8-9,11-12,14-17H2,1-4H3,(H2,24,26,27);1H. The summed E-state index contributed by atoms with van der Waals surface area (Å²) in [6.07, 6.45) is 6.69. The minimum atomic E-state index is 0. The molecule has 0 amide bonds. The van der Waals surface area contributed by atoms with Crippen molar-refractivity contribution in [3.8, 4) is 0 Å². The van der Waals surface area contributed by atoms with E-state index in [2.05, 4.69) is 60.3 Å². The average molecular weight is 530 g/mol. The smallest absolute Gasteiger partial charge is 0.191 e. The molecule has 30 heavy (non-hydrogen) atoms. The number of aromatic nitrogens is 1. The molecule has 0 radical (unpaired) electrons. The molecular weight excluding hydrogens is 489 g/mol. The molecule has 3 heterocycles. The predicted molar refractivity (Wildman–Crippen MR) is 136 cm³/mol. The Bertz CT molecular complexity index is 641. The second-order valence-corrected chi connectivity index (χ2v) is 9.37. The van der Waals surface area contributed by atoms with Crippen LogP contribution in [0.1, 0.15) is 53.4 Å². The average Bonchev–Trinajstić information content (AvgIpc) is 2.73. The van der Waals surface area contributed by atoms with E-state index in [0.29, 0.717) is 12.0 Å². The monoisotopic (exact) mass is 529 g/mol. The third-order valence-electron chi connectivity index (χ3n) is 5.94. The van der Waals surface area contributed by atoms with E-state index < -0.39 is 0 Å². The van der Waals surface area contributed by atoms with Gasteiger partial charge in [0, 0.05) is 50.9 Å². The summed E-state index contributed by atoms with van der Waals surface area (Å²) in [5, 5.41) is 7.11. The molecule has 0 saturated carbocycles. The van der Waals surface area contributed by atoms with Gasteiger partial charge in [0.25, 0.3) is 0 Å². The SMILES string of the molecule is CCNC(=NCC1CCCOC1C(C)(C)C)NC1CCN(c2ccccn2)CC1.I. The molecule has 3 rings (SSSR count). The van der Waals surface area contributed by atoms with Crippen LogP contribution in [0.2, 0.25) is 0 Å². The molecule has 2 N–H and O–H groups in total. The number of nitrogens with zero attached hydrogens (tertiary/aromatic N) is 3. The lowest BCUT2D eigenvalue weighted by atomic mass is 9.78. The van der Waals surface area contributed by atoms with Crippen molar-refractivity contribution in [3.05, 3.63) is 24.4 Å². The minimum Gasteiger partial charge on any atom is -0.377 e. The van der Waals surface area contributed by atoms with Crippen molar-refractivity contribution in [1.29, 1.82) is 0 Å². The fourth-order valence-electron chi connectivity index (χ4n) is 4.50. The molecule has 1 aromatic heterocycles. The van der Waals surface area contributed by atoms with Gasteiger partial charge in [-0.1, -0.05) is 26.8 Å². The second-order valence-electron chi connectivity index (χ2n) is 9.37. The Labute approximate surface area is 199 Å². The van der Waals surface area contributed by atoms with Crippen LogP contribution >= 0.6 is 24.0 Å². The molecule has 6 nitrogen and oxygen atoms in total. The van der Waals surface area contributed by atoms with Crippen molar-refractivity contribution in [2.24, 2.45) is 16.3 Å². The highest BCUT2D eigenvalue weighted by Gasteiger charge is 2.35. The van der Waals surface area contributed by atoms with Crippen molar-refractivity contribution in [2.75, 3.05) is 37.7 Å². The van der Waals surface area contributed by atoms with Crippen molar-refractivity contribution < 1.29 is 4.74 Å². The predicted octanol–water partition coefficient (Wildman–Crippen LogP) is 4.06. The van der Waals surface area contributed by atoms with E-state index in [9.17, 15) is 0 Å². The third-order valence-corrected chi connectivity index (χ3v) is 5.94. The summed E-state index contributed by atoms with van der Waals surface area (Å²) in [4.78, 5) is 11.8. The van der Waals surface area contributed by atoms with Gasteiger partial charge in [-0.05, 0) is 50.2 Å². The molecule has 0 aliphatic carbocycles. The van der Waals surface area contributed by atoms with Gasteiger partial charge in [0.05, 0.1) is 6.10 Å². The summed E-state index contributed by atoms with van der Waals surface area (Å²) < 4.78 is 6.13. The molecule has 2 aliphatic heterocycles. The molecule has 7 heteroatoms. The molecule has 170 valence electrons. The lowest BCUT2D eigenvalue weighted by Crippen LogP contribution is -2.49. The number of anilines is 1. The molecule has 0 spiro atoms. The number of aliphatic imine (C=N–C) groups is 1. The van der Waals surface area contributed by atoms with Crippen LogP contribution in [0.15, 0.2) is 29.4 Å². The topological polar surface area (TPSA) is 61.8 Å². The molecule has 2 aliphatic rings. The Morgan fingerprint density at radius 3 is 2.63 bits per heavy atom. The summed E-state index contributed by atoms with van der Waals surface area (Å²) in [7, 11) is 0. The van der Waals surface area contributed by atoms with Crippen LogP contribution in [-0.2, 0) is 4.74 Å². The maximum absolute atomic E-state index is 6.13. The summed E-state index contributed by atoms with van der Waals surface area (Å²) >= 11 is 0. The van der Waals surface area contributed by atoms with E-state index in [1.54, 1.807) is 0 Å². The fraction of sp³-hybridized carbons (Fsp3) is 0.739. The zero-order chi connectivity index (χ0) is 20.7. The van der Waals surface area contributed by atoms with Gasteiger partial charge in [0.2, 0.25) is 0 Å². The third kappa shape index (κ3) is 7.25. The van der Waals surface area contributed by atoms with E-state index in [1.807, 2.05) is 12.3 Å². The first-order valence-corrected chi connectivity index (χ1v) is 11.3. The lowest BCUT2D eigenvalue weighted by Gasteiger charge is -2.39. The number of rotatable bonds is 5. The Kier molecular flexibility index (Phi) is 10.1. The van der Waals surface area contributed by atoms with Crippen LogP contribution < -0.4 is 15.5 Å². The summed E-state index contributed by atoms with van der Waals surface area (Å²) in [6, 6.07) is 6.58. The van der Waals surface area contributed by atoms with Gasteiger partial charge < -0.3 is 20.3 Å². The van der Waals surface area contributed by atoms with Crippen LogP contribution in [0, 0.1) is 11.3 Å². The second kappa shape index (κ2) is 12.1. The lowest BCUT2D eigenvalue weighted by molar-refractivity contribution is -0.0823. The highest BCUT2D eigenvalue weighted by atomic mass is 127. The summed E-state index contributed by atoms with van der Waals surface area (Å²) in [6.45, 7) is 13.6. The molecule has 1 aromatic rings. The van der Waals surface area contributed by atoms with Crippen molar-refractivity contribution in [2.45, 2.75) is 65.5 Å². The van der Waals surface area contributed by atoms with Gasteiger partial charge in [0.15, 0.2) is 5.96 Å². The maximum Gasteiger partial charge on any atom is 0.191 e. The largest absolute Gasteiger partial charge is 0.377 e.